The van der Waals surface area contributed by atoms with E-state index < -0.39 is 0 Å². The van der Waals surface area contributed by atoms with E-state index in [2.05, 4.69) is 15.2 Å². The van der Waals surface area contributed by atoms with Crippen LogP contribution in [0.25, 0.3) is 0 Å². The molecule has 126 valence electrons. The molecule has 1 N–H and O–H groups in total. The number of rotatable bonds is 4. The van der Waals surface area contributed by atoms with Gasteiger partial charge < -0.3 is 15.0 Å². The zero-order valence-corrected chi connectivity index (χ0v) is 13.9. The van der Waals surface area contributed by atoms with Crippen molar-refractivity contribution in [1.29, 1.82) is 0 Å². The summed E-state index contributed by atoms with van der Waals surface area (Å²) in [5.41, 5.74) is 0. The maximum absolute atomic E-state index is 12.6. The van der Waals surface area contributed by atoms with Crippen LogP contribution in [0.3, 0.4) is 0 Å². The fourth-order valence-electron chi connectivity index (χ4n) is 3.70. The van der Waals surface area contributed by atoms with Crippen LogP contribution < -0.4 is 10.2 Å². The average Bonchev–Trinajstić information content (AvgIpc) is 2.63. The van der Waals surface area contributed by atoms with E-state index in [1.54, 1.807) is 7.11 Å². The lowest BCUT2D eigenvalue weighted by Crippen LogP contribution is -2.47. The molecule has 1 saturated carbocycles. The summed E-state index contributed by atoms with van der Waals surface area (Å²) in [4.78, 5) is 19.2. The van der Waals surface area contributed by atoms with E-state index in [1.165, 1.54) is 0 Å². The average molecular weight is 317 g/mol. The summed E-state index contributed by atoms with van der Waals surface area (Å²) in [6, 6.07) is 6.26. The minimum Gasteiger partial charge on any atom is -0.381 e. The lowest BCUT2D eigenvalue weighted by Gasteiger charge is -2.34. The summed E-state index contributed by atoms with van der Waals surface area (Å²) in [6.45, 7) is 1.76. The van der Waals surface area contributed by atoms with Crippen LogP contribution in [0.4, 0.5) is 5.82 Å². The fourth-order valence-corrected chi connectivity index (χ4v) is 3.70. The molecule has 1 unspecified atom stereocenters. The van der Waals surface area contributed by atoms with Crippen molar-refractivity contribution in [3.63, 3.8) is 0 Å². The van der Waals surface area contributed by atoms with Crippen molar-refractivity contribution in [2.45, 2.75) is 50.7 Å². The molecule has 5 nitrogen and oxygen atoms in total. The predicted octanol–water partition coefficient (Wildman–Crippen LogP) is 2.37. The molecule has 1 aromatic heterocycles. The van der Waals surface area contributed by atoms with Crippen LogP contribution in [0, 0.1) is 5.92 Å². The molecule has 23 heavy (non-hydrogen) atoms. The second-order valence-corrected chi connectivity index (χ2v) is 6.69. The molecular formula is C18H27N3O2. The third kappa shape index (κ3) is 4.22. The lowest BCUT2D eigenvalue weighted by atomic mass is 9.91. The van der Waals surface area contributed by atoms with Crippen molar-refractivity contribution in [2.24, 2.45) is 5.92 Å². The second kappa shape index (κ2) is 7.77. The van der Waals surface area contributed by atoms with Crippen molar-refractivity contribution in [3.8, 4) is 0 Å². The maximum Gasteiger partial charge on any atom is 0.225 e. The highest BCUT2D eigenvalue weighted by atomic mass is 16.5. The van der Waals surface area contributed by atoms with Crippen molar-refractivity contribution in [3.05, 3.63) is 24.4 Å². The minimum atomic E-state index is 0.0749. The molecule has 3 rings (SSSR count). The Bertz CT molecular complexity index is 500. The highest BCUT2D eigenvalue weighted by Gasteiger charge is 2.29. The summed E-state index contributed by atoms with van der Waals surface area (Å²) >= 11 is 0. The summed E-state index contributed by atoms with van der Waals surface area (Å²) in [5, 5.41) is 3.26. The Balaban J connectivity index is 1.51. The van der Waals surface area contributed by atoms with E-state index in [-0.39, 0.29) is 11.8 Å². The number of nitrogens with one attached hydrogen (secondary N) is 1. The summed E-state index contributed by atoms with van der Waals surface area (Å²) in [6.07, 6.45) is 8.36. The first kappa shape index (κ1) is 16.2. The largest absolute Gasteiger partial charge is 0.381 e. The molecule has 0 aromatic carbocycles. The summed E-state index contributed by atoms with van der Waals surface area (Å²) < 4.78 is 5.40. The number of nitrogens with zero attached hydrogens (tertiary/aromatic N) is 2. The number of piperidine rings is 1. The number of carbonyl (C=O) groups excluding carboxylic acids is 1. The Morgan fingerprint density at radius 2 is 2.09 bits per heavy atom. The number of carbonyl (C=O) groups is 1. The van der Waals surface area contributed by atoms with Gasteiger partial charge in [-0.25, -0.2) is 4.98 Å². The van der Waals surface area contributed by atoms with Crippen LogP contribution in [0.5, 0.6) is 0 Å². The van der Waals surface area contributed by atoms with Crippen LogP contribution in [-0.4, -0.2) is 43.2 Å². The number of pyridine rings is 1. The first-order valence-electron chi connectivity index (χ1n) is 8.75. The fraction of sp³-hybridized carbons (Fsp3) is 0.667. The van der Waals surface area contributed by atoms with Gasteiger partial charge in [-0.2, -0.15) is 0 Å². The molecule has 0 bridgehead atoms. The third-order valence-electron chi connectivity index (χ3n) is 5.12. The van der Waals surface area contributed by atoms with Crippen LogP contribution >= 0.6 is 0 Å². The zero-order valence-electron chi connectivity index (χ0n) is 13.9. The van der Waals surface area contributed by atoms with Crippen LogP contribution in [0.15, 0.2) is 24.4 Å². The van der Waals surface area contributed by atoms with E-state index in [9.17, 15) is 4.79 Å². The SMILES string of the molecule is COC1CCC(NC(=O)C2CCCN(c3ccccn3)C2)CC1. The zero-order chi connectivity index (χ0) is 16.1. The van der Waals surface area contributed by atoms with Gasteiger partial charge in [-0.05, 0) is 50.7 Å². The number of ether oxygens (including phenoxy) is 1. The Morgan fingerprint density at radius 1 is 1.26 bits per heavy atom. The lowest BCUT2D eigenvalue weighted by molar-refractivity contribution is -0.126. The minimum absolute atomic E-state index is 0.0749. The molecule has 0 spiro atoms. The molecule has 1 amide bonds. The highest BCUT2D eigenvalue weighted by molar-refractivity contribution is 5.79. The topological polar surface area (TPSA) is 54.5 Å². The van der Waals surface area contributed by atoms with Gasteiger partial charge in [0, 0.05) is 32.4 Å². The molecular weight excluding hydrogens is 290 g/mol. The van der Waals surface area contributed by atoms with Gasteiger partial charge in [0.2, 0.25) is 5.91 Å². The van der Waals surface area contributed by atoms with E-state index >= 15 is 0 Å². The molecule has 1 atom stereocenters. The third-order valence-corrected chi connectivity index (χ3v) is 5.12. The highest BCUT2D eigenvalue weighted by Crippen LogP contribution is 2.24. The van der Waals surface area contributed by atoms with Gasteiger partial charge in [-0.15, -0.1) is 0 Å². The van der Waals surface area contributed by atoms with Crippen molar-refractivity contribution < 1.29 is 9.53 Å². The Morgan fingerprint density at radius 3 is 2.78 bits per heavy atom. The number of hydrogen-bond acceptors (Lipinski definition) is 4. The van der Waals surface area contributed by atoms with Crippen LogP contribution in [0.2, 0.25) is 0 Å². The molecule has 1 aliphatic carbocycles. The number of hydrogen-bond donors (Lipinski definition) is 1. The van der Waals surface area contributed by atoms with Gasteiger partial charge in [0.25, 0.3) is 0 Å². The molecule has 1 saturated heterocycles. The van der Waals surface area contributed by atoms with E-state index in [0.29, 0.717) is 12.1 Å². The molecule has 2 heterocycles. The van der Waals surface area contributed by atoms with Crippen LogP contribution in [-0.2, 0) is 9.53 Å². The van der Waals surface area contributed by atoms with E-state index in [0.717, 1.165) is 57.4 Å². The number of anilines is 1. The summed E-state index contributed by atoms with van der Waals surface area (Å²) in [7, 11) is 1.78. The first-order valence-corrected chi connectivity index (χ1v) is 8.75. The Kier molecular flexibility index (Phi) is 5.49. The van der Waals surface area contributed by atoms with Gasteiger partial charge in [0.05, 0.1) is 12.0 Å². The normalized spacial score (nSPS) is 28.4. The molecule has 2 aliphatic rings. The van der Waals surface area contributed by atoms with Gasteiger partial charge in [-0.1, -0.05) is 6.07 Å². The van der Waals surface area contributed by atoms with Crippen molar-refractivity contribution in [1.82, 2.24) is 10.3 Å². The van der Waals surface area contributed by atoms with Gasteiger partial charge in [0.15, 0.2) is 0 Å². The van der Waals surface area contributed by atoms with Crippen molar-refractivity contribution in [2.75, 3.05) is 25.1 Å². The second-order valence-electron chi connectivity index (χ2n) is 6.69. The van der Waals surface area contributed by atoms with E-state index in [4.69, 9.17) is 4.74 Å². The van der Waals surface area contributed by atoms with Crippen LogP contribution in [0.1, 0.15) is 38.5 Å². The standard InChI is InChI=1S/C18H27N3O2/c1-23-16-9-7-15(8-10-16)20-18(22)14-5-4-12-21(13-14)17-6-2-3-11-19-17/h2-3,6,11,14-16H,4-5,7-10,12-13H2,1H3,(H,20,22). The van der Waals surface area contributed by atoms with E-state index in [1.807, 2.05) is 24.4 Å². The Hall–Kier alpha value is -1.62. The maximum atomic E-state index is 12.6. The summed E-state index contributed by atoms with van der Waals surface area (Å²) in [5.74, 6) is 1.27. The molecule has 2 fully saturated rings. The Labute approximate surface area is 138 Å². The quantitative estimate of drug-likeness (QED) is 0.926. The molecule has 0 radical (unpaired) electrons. The first-order chi connectivity index (χ1) is 11.3. The monoisotopic (exact) mass is 317 g/mol. The smallest absolute Gasteiger partial charge is 0.225 e. The van der Waals surface area contributed by atoms with Gasteiger partial charge >= 0.3 is 0 Å². The predicted molar refractivity (Wildman–Crippen MR) is 90.4 cm³/mol. The molecule has 5 heteroatoms. The number of aromatic nitrogens is 1. The molecule has 1 aromatic rings. The van der Waals surface area contributed by atoms with Crippen molar-refractivity contribution >= 4 is 11.7 Å². The van der Waals surface area contributed by atoms with Gasteiger partial charge in [0.1, 0.15) is 5.82 Å². The van der Waals surface area contributed by atoms with Gasteiger partial charge in [-0.3, -0.25) is 4.79 Å². The number of amides is 1. The molecule has 1 aliphatic heterocycles. The number of methoxy groups -OCH3 is 1.